The maximum absolute atomic E-state index is 12.4. The van der Waals surface area contributed by atoms with E-state index < -0.39 is 0 Å². The number of rotatable bonds is 3. The third-order valence-electron chi connectivity index (χ3n) is 3.34. The van der Waals surface area contributed by atoms with Crippen LogP contribution in [0.3, 0.4) is 0 Å². The van der Waals surface area contributed by atoms with Crippen LogP contribution in [0, 0.1) is 0 Å². The first kappa shape index (κ1) is 13.6. The van der Waals surface area contributed by atoms with Gasteiger partial charge in [0.1, 0.15) is 0 Å². The van der Waals surface area contributed by atoms with Gasteiger partial charge in [-0.15, -0.1) is 0 Å². The molecule has 1 N–H and O–H groups in total. The number of hydrogen-bond donors (Lipinski definition) is 1. The van der Waals surface area contributed by atoms with E-state index in [1.165, 1.54) is 0 Å². The molecular formula is C14H18BrNO2. The molecule has 1 heterocycles. The Bertz CT molecular complexity index is 416. The average Bonchev–Trinajstić information content (AvgIpc) is 2.76. The van der Waals surface area contributed by atoms with Crippen LogP contribution < -0.4 is 0 Å². The summed E-state index contributed by atoms with van der Waals surface area (Å²) in [5.74, 6) is 0.0747. The van der Waals surface area contributed by atoms with Gasteiger partial charge in [-0.2, -0.15) is 0 Å². The second-order valence-electron chi connectivity index (χ2n) is 4.89. The van der Waals surface area contributed by atoms with Crippen molar-refractivity contribution in [2.75, 3.05) is 6.54 Å². The average molecular weight is 312 g/mol. The molecule has 2 atom stereocenters. The van der Waals surface area contributed by atoms with Gasteiger partial charge in [0.25, 0.3) is 5.91 Å². The Labute approximate surface area is 116 Å². The maximum atomic E-state index is 12.4. The molecular weight excluding hydrogens is 294 g/mol. The van der Waals surface area contributed by atoms with Crippen LogP contribution in [0.4, 0.5) is 0 Å². The minimum atomic E-state index is -0.353. The summed E-state index contributed by atoms with van der Waals surface area (Å²) in [5.41, 5.74) is 0.718. The van der Waals surface area contributed by atoms with Gasteiger partial charge in [-0.3, -0.25) is 4.79 Å². The molecule has 0 bridgehead atoms. The van der Waals surface area contributed by atoms with E-state index in [0.29, 0.717) is 6.42 Å². The number of carbonyl (C=O) groups is 1. The van der Waals surface area contributed by atoms with Gasteiger partial charge >= 0.3 is 0 Å². The van der Waals surface area contributed by atoms with Gasteiger partial charge in [0.15, 0.2) is 0 Å². The van der Waals surface area contributed by atoms with E-state index in [2.05, 4.69) is 15.9 Å². The number of amides is 1. The van der Waals surface area contributed by atoms with Crippen molar-refractivity contribution in [3.05, 3.63) is 34.3 Å². The molecule has 0 saturated carbocycles. The van der Waals surface area contributed by atoms with Gasteiger partial charge in [-0.05, 0) is 50.5 Å². The summed E-state index contributed by atoms with van der Waals surface area (Å²) in [5, 5.41) is 9.48. The van der Waals surface area contributed by atoms with E-state index >= 15 is 0 Å². The predicted octanol–water partition coefficient (Wildman–Crippen LogP) is 2.82. The number of likely N-dealkylation sites (tertiary alicyclic amines) is 1. The van der Waals surface area contributed by atoms with Crippen molar-refractivity contribution in [1.82, 2.24) is 4.90 Å². The Morgan fingerprint density at radius 1 is 1.50 bits per heavy atom. The highest BCUT2D eigenvalue weighted by Crippen LogP contribution is 2.24. The van der Waals surface area contributed by atoms with E-state index in [1.54, 1.807) is 6.92 Å². The van der Waals surface area contributed by atoms with Crippen LogP contribution in [0.15, 0.2) is 28.7 Å². The fourth-order valence-electron chi connectivity index (χ4n) is 2.50. The molecule has 0 spiro atoms. The van der Waals surface area contributed by atoms with Gasteiger partial charge in [0.2, 0.25) is 0 Å². The fraction of sp³-hybridized carbons (Fsp3) is 0.500. The molecule has 4 heteroatoms. The number of benzene rings is 1. The number of aliphatic hydroxyl groups excluding tert-OH is 1. The van der Waals surface area contributed by atoms with Crippen molar-refractivity contribution in [3.8, 4) is 0 Å². The summed E-state index contributed by atoms with van der Waals surface area (Å²) >= 11 is 3.36. The van der Waals surface area contributed by atoms with Crippen molar-refractivity contribution in [2.45, 2.75) is 38.3 Å². The number of aliphatic hydroxyl groups is 1. The summed E-state index contributed by atoms with van der Waals surface area (Å²) < 4.78 is 0.973. The molecule has 0 aromatic heterocycles. The second kappa shape index (κ2) is 5.85. The van der Waals surface area contributed by atoms with Crippen molar-refractivity contribution >= 4 is 21.8 Å². The Morgan fingerprint density at radius 3 is 2.78 bits per heavy atom. The summed E-state index contributed by atoms with van der Waals surface area (Å²) in [6.45, 7) is 2.58. The number of hydrogen-bond acceptors (Lipinski definition) is 2. The summed E-state index contributed by atoms with van der Waals surface area (Å²) in [4.78, 5) is 14.3. The quantitative estimate of drug-likeness (QED) is 0.932. The predicted molar refractivity (Wildman–Crippen MR) is 74.5 cm³/mol. The molecule has 1 aliphatic rings. The Balaban J connectivity index is 2.10. The lowest BCUT2D eigenvalue weighted by Gasteiger charge is -2.25. The normalized spacial score (nSPS) is 21.1. The molecule has 98 valence electrons. The highest BCUT2D eigenvalue weighted by Gasteiger charge is 2.29. The molecule has 3 nitrogen and oxygen atoms in total. The number of nitrogens with zero attached hydrogens (tertiary/aromatic N) is 1. The molecule has 1 aromatic rings. The first-order chi connectivity index (χ1) is 8.58. The Morgan fingerprint density at radius 2 is 2.17 bits per heavy atom. The molecule has 0 aliphatic carbocycles. The Kier molecular flexibility index (Phi) is 4.40. The molecule has 2 rings (SSSR count). The largest absolute Gasteiger partial charge is 0.393 e. The van der Waals surface area contributed by atoms with Crippen LogP contribution >= 0.6 is 15.9 Å². The highest BCUT2D eigenvalue weighted by molar-refractivity contribution is 9.10. The van der Waals surface area contributed by atoms with Gasteiger partial charge in [0.05, 0.1) is 6.10 Å². The first-order valence-electron chi connectivity index (χ1n) is 6.32. The molecule has 1 aromatic carbocycles. The lowest BCUT2D eigenvalue weighted by molar-refractivity contribution is 0.0682. The van der Waals surface area contributed by atoms with Gasteiger partial charge in [0, 0.05) is 22.6 Å². The molecule has 2 unspecified atom stereocenters. The molecule has 1 fully saturated rings. The van der Waals surface area contributed by atoms with Crippen molar-refractivity contribution in [2.24, 2.45) is 0 Å². The molecule has 1 saturated heterocycles. The second-order valence-corrected chi connectivity index (χ2v) is 5.80. The van der Waals surface area contributed by atoms with E-state index in [1.807, 2.05) is 29.2 Å². The lowest BCUT2D eigenvalue weighted by atomic mass is 10.1. The zero-order valence-electron chi connectivity index (χ0n) is 10.5. The van der Waals surface area contributed by atoms with Crippen LogP contribution in [0.1, 0.15) is 36.5 Å². The maximum Gasteiger partial charge on any atom is 0.254 e. The van der Waals surface area contributed by atoms with Crippen molar-refractivity contribution < 1.29 is 9.90 Å². The summed E-state index contributed by atoms with van der Waals surface area (Å²) in [6, 6.07) is 7.62. The SMILES string of the molecule is CC(O)CC1CCCN1C(=O)c1ccc(Br)cc1. The van der Waals surface area contributed by atoms with Crippen molar-refractivity contribution in [3.63, 3.8) is 0 Å². The van der Waals surface area contributed by atoms with Crippen LogP contribution in [0.5, 0.6) is 0 Å². The van der Waals surface area contributed by atoms with Crippen LogP contribution in [0.25, 0.3) is 0 Å². The zero-order valence-corrected chi connectivity index (χ0v) is 12.1. The van der Waals surface area contributed by atoms with Gasteiger partial charge < -0.3 is 10.0 Å². The fourth-order valence-corrected chi connectivity index (χ4v) is 2.76. The van der Waals surface area contributed by atoms with Gasteiger partial charge in [-0.25, -0.2) is 0 Å². The van der Waals surface area contributed by atoms with Crippen LogP contribution in [0.2, 0.25) is 0 Å². The first-order valence-corrected chi connectivity index (χ1v) is 7.12. The van der Waals surface area contributed by atoms with Crippen LogP contribution in [-0.2, 0) is 0 Å². The molecule has 18 heavy (non-hydrogen) atoms. The number of halogens is 1. The van der Waals surface area contributed by atoms with Crippen molar-refractivity contribution in [1.29, 1.82) is 0 Å². The standard InChI is InChI=1S/C14H18BrNO2/c1-10(17)9-13-3-2-8-16(13)14(18)11-4-6-12(15)7-5-11/h4-7,10,13,17H,2-3,8-9H2,1H3. The van der Waals surface area contributed by atoms with E-state index in [9.17, 15) is 9.90 Å². The minimum absolute atomic E-state index is 0.0747. The van der Waals surface area contributed by atoms with E-state index in [4.69, 9.17) is 0 Å². The van der Waals surface area contributed by atoms with Crippen LogP contribution in [-0.4, -0.2) is 34.6 Å². The third kappa shape index (κ3) is 3.12. The van der Waals surface area contributed by atoms with E-state index in [0.717, 1.165) is 29.4 Å². The minimum Gasteiger partial charge on any atom is -0.393 e. The smallest absolute Gasteiger partial charge is 0.254 e. The Hall–Kier alpha value is -0.870. The molecule has 1 amide bonds. The topological polar surface area (TPSA) is 40.5 Å². The summed E-state index contributed by atoms with van der Waals surface area (Å²) in [6.07, 6.45) is 2.34. The molecule has 0 radical (unpaired) electrons. The van der Waals surface area contributed by atoms with E-state index in [-0.39, 0.29) is 18.1 Å². The number of carbonyl (C=O) groups excluding carboxylic acids is 1. The highest BCUT2D eigenvalue weighted by atomic mass is 79.9. The lowest BCUT2D eigenvalue weighted by Crippen LogP contribution is -2.37. The molecule has 1 aliphatic heterocycles. The monoisotopic (exact) mass is 311 g/mol. The zero-order chi connectivity index (χ0) is 13.1. The summed E-state index contributed by atoms with van der Waals surface area (Å²) in [7, 11) is 0. The van der Waals surface area contributed by atoms with Gasteiger partial charge in [-0.1, -0.05) is 15.9 Å². The third-order valence-corrected chi connectivity index (χ3v) is 3.87.